The third-order valence-corrected chi connectivity index (χ3v) is 6.42. The molecule has 1 aromatic heterocycles. The van der Waals surface area contributed by atoms with Gasteiger partial charge in [0.2, 0.25) is 10.9 Å². The molecular formula is C23H26N4O5. The lowest BCUT2D eigenvalue weighted by atomic mass is 9.90. The first kappa shape index (κ1) is 21.8. The van der Waals surface area contributed by atoms with E-state index < -0.39 is 16.6 Å². The summed E-state index contributed by atoms with van der Waals surface area (Å²) in [7, 11) is 4.11. The molecule has 9 nitrogen and oxygen atoms in total. The van der Waals surface area contributed by atoms with Crippen molar-refractivity contribution in [2.45, 2.75) is 44.7 Å². The van der Waals surface area contributed by atoms with E-state index in [1.54, 1.807) is 0 Å². The van der Waals surface area contributed by atoms with Crippen LogP contribution in [0.25, 0.3) is 28.3 Å². The number of aromatic hydroxyl groups is 1. The first-order valence-electron chi connectivity index (χ1n) is 10.6. The Labute approximate surface area is 183 Å². The van der Waals surface area contributed by atoms with Crippen LogP contribution in [0.1, 0.15) is 41.6 Å². The first-order valence-corrected chi connectivity index (χ1v) is 10.6. The number of fused-ring (bicyclic) bond motifs is 2. The van der Waals surface area contributed by atoms with Crippen LogP contribution in [0, 0.1) is 6.92 Å². The Balaban J connectivity index is 1.80. The minimum Gasteiger partial charge on any atom is -0.515 e. The van der Waals surface area contributed by atoms with Gasteiger partial charge in [-0.25, -0.2) is 4.98 Å². The monoisotopic (exact) mass is 438 g/mol. The summed E-state index contributed by atoms with van der Waals surface area (Å²) in [6, 6.07) is 3.20. The van der Waals surface area contributed by atoms with Gasteiger partial charge >= 0.3 is 0 Å². The highest BCUT2D eigenvalue weighted by atomic mass is 16.3. The van der Waals surface area contributed by atoms with Crippen LogP contribution in [0.3, 0.4) is 0 Å². The number of nitrogens with one attached hydrogen (secondary N) is 2. The second-order valence-electron chi connectivity index (χ2n) is 8.58. The average Bonchev–Trinajstić information content (AvgIpc) is 2.78. The van der Waals surface area contributed by atoms with Crippen LogP contribution in [0.15, 0.2) is 21.7 Å². The molecule has 32 heavy (non-hydrogen) atoms. The fourth-order valence-electron chi connectivity index (χ4n) is 4.44. The number of aliphatic hydroxyl groups is 1. The molecule has 3 aromatic rings. The number of phenols is 1. The van der Waals surface area contributed by atoms with Crippen molar-refractivity contribution in [1.82, 2.24) is 20.2 Å². The van der Waals surface area contributed by atoms with Gasteiger partial charge in [0.1, 0.15) is 22.3 Å². The van der Waals surface area contributed by atoms with E-state index in [1.807, 2.05) is 0 Å². The third-order valence-electron chi connectivity index (χ3n) is 6.42. The highest BCUT2D eigenvalue weighted by Gasteiger charge is 2.25. The number of aromatic nitrogens is 2. The van der Waals surface area contributed by atoms with Gasteiger partial charge in [-0.2, -0.15) is 0 Å². The van der Waals surface area contributed by atoms with Crippen molar-refractivity contribution < 1.29 is 15.0 Å². The molecule has 168 valence electrons. The Morgan fingerprint density at radius 2 is 1.84 bits per heavy atom. The number of hydrogen-bond acceptors (Lipinski definition) is 7. The van der Waals surface area contributed by atoms with Gasteiger partial charge in [-0.05, 0) is 58.8 Å². The number of rotatable bonds is 3. The largest absolute Gasteiger partial charge is 0.515 e. The molecule has 0 aliphatic heterocycles. The predicted octanol–water partition coefficient (Wildman–Crippen LogP) is 1.07. The molecule has 0 atom stereocenters. The summed E-state index contributed by atoms with van der Waals surface area (Å²) in [5.41, 5.74) is -0.674. The van der Waals surface area contributed by atoms with E-state index in [4.69, 9.17) is 0 Å². The highest BCUT2D eigenvalue weighted by molar-refractivity contribution is 6.06. The summed E-state index contributed by atoms with van der Waals surface area (Å²) >= 11 is 0. The molecule has 4 rings (SSSR count). The molecule has 0 unspecified atom stereocenters. The van der Waals surface area contributed by atoms with Crippen LogP contribution in [-0.2, 0) is 0 Å². The van der Waals surface area contributed by atoms with Gasteiger partial charge in [-0.15, -0.1) is 0 Å². The van der Waals surface area contributed by atoms with Crippen LogP contribution in [0.4, 0.5) is 0 Å². The number of hydrogen-bond donors (Lipinski definition) is 4. The molecule has 9 heteroatoms. The van der Waals surface area contributed by atoms with E-state index in [1.165, 1.54) is 19.1 Å². The van der Waals surface area contributed by atoms with Gasteiger partial charge in [-0.3, -0.25) is 14.4 Å². The first-order chi connectivity index (χ1) is 15.2. The lowest BCUT2D eigenvalue weighted by Gasteiger charge is -2.33. The highest BCUT2D eigenvalue weighted by Crippen LogP contribution is 2.23. The van der Waals surface area contributed by atoms with E-state index in [9.17, 15) is 24.6 Å². The molecule has 1 heterocycles. The number of carbonyl (C=O) groups is 1. The molecule has 1 amide bonds. The number of benzene rings is 2. The Hall–Kier alpha value is -3.46. The SMILES string of the molecule is Cc1c(O)/c(=C\O)c2nc3c(=O)ccc(C(=O)NC4CCC(N(C)C)CC4)c3[nH]c2c1=O. The molecule has 1 aliphatic rings. The molecule has 2 aromatic carbocycles. The lowest BCUT2D eigenvalue weighted by Crippen LogP contribution is -2.42. The number of aliphatic hydroxyl groups excluding tert-OH is 1. The molecule has 1 saturated carbocycles. The summed E-state index contributed by atoms with van der Waals surface area (Å²) < 4.78 is 0. The second kappa shape index (κ2) is 8.23. The van der Waals surface area contributed by atoms with Crippen LogP contribution in [-0.4, -0.2) is 57.2 Å². The molecule has 0 saturated heterocycles. The zero-order chi connectivity index (χ0) is 23.2. The quantitative estimate of drug-likeness (QED) is 0.449. The Kier molecular flexibility index (Phi) is 5.60. The van der Waals surface area contributed by atoms with Crippen LogP contribution in [0.2, 0.25) is 0 Å². The number of amides is 1. The van der Waals surface area contributed by atoms with E-state index in [2.05, 4.69) is 34.3 Å². The van der Waals surface area contributed by atoms with E-state index >= 15 is 0 Å². The van der Waals surface area contributed by atoms with Gasteiger partial charge in [0.05, 0.1) is 22.6 Å². The molecule has 0 bridgehead atoms. The average molecular weight is 438 g/mol. The number of H-pyrrole nitrogens is 1. The zero-order valence-electron chi connectivity index (χ0n) is 18.2. The van der Waals surface area contributed by atoms with Crippen molar-refractivity contribution in [3.8, 4) is 5.75 Å². The Bertz CT molecular complexity index is 1390. The molecule has 0 spiro atoms. The maximum absolute atomic E-state index is 13.1. The normalized spacial score (nSPS) is 19.7. The summed E-state index contributed by atoms with van der Waals surface area (Å²) in [5.74, 6) is -0.752. The molecule has 0 radical (unpaired) electrons. The summed E-state index contributed by atoms with van der Waals surface area (Å²) in [6.45, 7) is 1.42. The van der Waals surface area contributed by atoms with Crippen molar-refractivity contribution in [1.29, 1.82) is 0 Å². The Morgan fingerprint density at radius 3 is 2.47 bits per heavy atom. The maximum Gasteiger partial charge on any atom is 0.253 e. The van der Waals surface area contributed by atoms with Gasteiger partial charge in [0, 0.05) is 17.6 Å². The van der Waals surface area contributed by atoms with E-state index in [0.717, 1.165) is 25.7 Å². The number of aromatic amines is 1. The number of nitrogens with zero attached hydrogens (tertiary/aromatic N) is 2. The van der Waals surface area contributed by atoms with Crippen molar-refractivity contribution in [2.24, 2.45) is 0 Å². The van der Waals surface area contributed by atoms with Crippen LogP contribution >= 0.6 is 0 Å². The van der Waals surface area contributed by atoms with Crippen molar-refractivity contribution in [2.75, 3.05) is 14.1 Å². The predicted molar refractivity (Wildman–Crippen MR) is 122 cm³/mol. The summed E-state index contributed by atoms with van der Waals surface area (Å²) in [6.07, 6.45) is 4.33. The van der Waals surface area contributed by atoms with Gasteiger partial charge in [0.15, 0.2) is 0 Å². The van der Waals surface area contributed by atoms with Crippen LogP contribution in [0.5, 0.6) is 5.75 Å². The van der Waals surface area contributed by atoms with Crippen LogP contribution < -0.4 is 21.4 Å². The summed E-state index contributed by atoms with van der Waals surface area (Å²) in [5, 5.41) is 22.7. The zero-order valence-corrected chi connectivity index (χ0v) is 18.2. The standard InChI is InChI=1S/C23H26N4O5/c1-11-21(30)15(10-28)18-20(22(11)31)26-17-14(8-9-16(29)19(17)25-18)23(32)24-12-4-6-13(7-5-12)27(2)3/h8-10,12-13,26,28,30H,4-7H2,1-3H3,(H,24,32)/b15-10-. The Morgan fingerprint density at radius 1 is 1.16 bits per heavy atom. The number of carbonyl (C=O) groups excluding carboxylic acids is 1. The number of phenolic OH excluding ortho intramolecular Hbond substituents is 1. The topological polar surface area (TPSA) is 136 Å². The smallest absolute Gasteiger partial charge is 0.253 e. The van der Waals surface area contributed by atoms with Gasteiger partial charge < -0.3 is 25.4 Å². The van der Waals surface area contributed by atoms with Crippen molar-refractivity contribution >= 4 is 34.2 Å². The van der Waals surface area contributed by atoms with Gasteiger partial charge in [-0.1, -0.05) is 0 Å². The second-order valence-corrected chi connectivity index (χ2v) is 8.58. The maximum atomic E-state index is 13.1. The fraction of sp³-hybridized carbons (Fsp3) is 0.391. The lowest BCUT2D eigenvalue weighted by molar-refractivity contribution is 0.0917. The summed E-state index contributed by atoms with van der Waals surface area (Å²) in [4.78, 5) is 47.6. The third kappa shape index (κ3) is 3.58. The van der Waals surface area contributed by atoms with Crippen molar-refractivity contribution in [3.05, 3.63) is 48.9 Å². The molecule has 4 N–H and O–H groups in total. The molecular weight excluding hydrogens is 412 g/mol. The fourth-order valence-corrected chi connectivity index (χ4v) is 4.44. The molecule has 1 aliphatic carbocycles. The van der Waals surface area contributed by atoms with E-state index in [0.29, 0.717) is 12.3 Å². The van der Waals surface area contributed by atoms with E-state index in [-0.39, 0.29) is 50.4 Å². The van der Waals surface area contributed by atoms with Crippen molar-refractivity contribution in [3.63, 3.8) is 0 Å². The minimum atomic E-state index is -0.526. The molecule has 1 fully saturated rings. The minimum absolute atomic E-state index is 0.000703. The van der Waals surface area contributed by atoms with Gasteiger partial charge in [0.25, 0.3) is 5.91 Å².